The van der Waals surface area contributed by atoms with Crippen molar-refractivity contribution in [3.63, 3.8) is 0 Å². The van der Waals surface area contributed by atoms with Crippen molar-refractivity contribution in [2.45, 2.75) is 31.3 Å². The lowest BCUT2D eigenvalue weighted by atomic mass is 9.83. The fraction of sp³-hybridized carbons (Fsp3) is 0.360. The van der Waals surface area contributed by atoms with Gasteiger partial charge in [-0.1, -0.05) is 24.3 Å². The number of ether oxygens (including phenoxy) is 1. The molecule has 0 aliphatic carbocycles. The molecule has 1 saturated heterocycles. The van der Waals surface area contributed by atoms with E-state index in [1.807, 2.05) is 24.3 Å². The van der Waals surface area contributed by atoms with Gasteiger partial charge in [0.1, 0.15) is 6.61 Å². The first-order valence-corrected chi connectivity index (χ1v) is 11.2. The number of aliphatic hydroxyl groups is 1. The summed E-state index contributed by atoms with van der Waals surface area (Å²) < 4.78 is 45.7. The number of carbonyl (C=O) groups excluding carboxylic acids is 1. The van der Waals surface area contributed by atoms with E-state index in [1.165, 1.54) is 4.90 Å². The summed E-state index contributed by atoms with van der Waals surface area (Å²) in [6.07, 6.45) is 1.39. The molecule has 2 heterocycles. The molecule has 2 aliphatic rings. The average molecular weight is 490 g/mol. The first-order valence-electron chi connectivity index (χ1n) is 11.2. The van der Waals surface area contributed by atoms with Crippen molar-refractivity contribution in [3.8, 4) is 5.75 Å². The quantitative estimate of drug-likeness (QED) is 0.389. The van der Waals surface area contributed by atoms with Crippen molar-refractivity contribution in [2.75, 3.05) is 26.3 Å². The van der Waals surface area contributed by atoms with Gasteiger partial charge in [0, 0.05) is 19.1 Å². The van der Waals surface area contributed by atoms with Crippen molar-refractivity contribution < 1.29 is 37.7 Å². The molecule has 186 valence electrons. The number of benzene rings is 2. The third kappa shape index (κ3) is 5.33. The number of fused-ring (bicyclic) bond motifs is 2. The predicted octanol–water partition coefficient (Wildman–Crippen LogP) is 2.52. The van der Waals surface area contributed by atoms with Gasteiger partial charge in [0.15, 0.2) is 17.4 Å². The smallest absolute Gasteiger partial charge is 0.333 e. The van der Waals surface area contributed by atoms with Gasteiger partial charge >= 0.3 is 5.97 Å². The molecule has 7 nitrogen and oxygen atoms in total. The molecule has 0 aromatic heterocycles. The van der Waals surface area contributed by atoms with E-state index in [0.29, 0.717) is 37.4 Å². The number of hydrogen-bond donors (Lipinski definition) is 3. The van der Waals surface area contributed by atoms with Crippen LogP contribution in [0, 0.1) is 17.5 Å². The van der Waals surface area contributed by atoms with Crippen LogP contribution in [0.5, 0.6) is 5.75 Å². The fourth-order valence-corrected chi connectivity index (χ4v) is 4.63. The van der Waals surface area contributed by atoms with Gasteiger partial charge in [-0.25, -0.2) is 13.6 Å². The number of rotatable bonds is 8. The van der Waals surface area contributed by atoms with Gasteiger partial charge in [0.25, 0.3) is 0 Å². The van der Waals surface area contributed by atoms with Crippen molar-refractivity contribution >= 4 is 17.4 Å². The van der Waals surface area contributed by atoms with Crippen LogP contribution in [-0.4, -0.2) is 65.4 Å². The van der Waals surface area contributed by atoms with Crippen LogP contribution < -0.4 is 10.1 Å². The minimum atomic E-state index is -1.35. The lowest BCUT2D eigenvalue weighted by molar-refractivity contribution is -0.138. The zero-order valence-electron chi connectivity index (χ0n) is 18.8. The average Bonchev–Trinajstić information content (AvgIpc) is 2.85. The molecule has 2 unspecified atom stereocenters. The third-order valence-corrected chi connectivity index (χ3v) is 6.28. The molecule has 0 radical (unpaired) electrons. The zero-order valence-corrected chi connectivity index (χ0v) is 18.8. The molecule has 2 atom stereocenters. The molecule has 3 N–H and O–H groups in total. The van der Waals surface area contributed by atoms with Gasteiger partial charge < -0.3 is 25.2 Å². The Hall–Kier alpha value is -3.37. The number of nitrogens with one attached hydrogen (secondary N) is 1. The summed E-state index contributed by atoms with van der Waals surface area (Å²) in [6.45, 7) is -0.0645. The van der Waals surface area contributed by atoms with Gasteiger partial charge in [-0.3, -0.25) is 4.79 Å². The predicted molar refractivity (Wildman–Crippen MR) is 120 cm³/mol. The Bertz CT molecular complexity index is 1150. The summed E-state index contributed by atoms with van der Waals surface area (Å²) in [7, 11) is 0. The van der Waals surface area contributed by atoms with Gasteiger partial charge in [0.2, 0.25) is 11.7 Å². The Balaban J connectivity index is 1.42. The van der Waals surface area contributed by atoms with Crippen LogP contribution >= 0.6 is 0 Å². The molecule has 35 heavy (non-hydrogen) atoms. The van der Waals surface area contributed by atoms with Crippen molar-refractivity contribution in [1.29, 1.82) is 0 Å². The number of piperazine rings is 1. The second-order valence-electron chi connectivity index (χ2n) is 8.60. The van der Waals surface area contributed by atoms with E-state index in [9.17, 15) is 27.9 Å². The van der Waals surface area contributed by atoms with Crippen LogP contribution in [0.1, 0.15) is 24.0 Å². The van der Waals surface area contributed by atoms with Gasteiger partial charge in [-0.05, 0) is 48.1 Å². The number of halogens is 3. The molecule has 2 aromatic rings. The number of hydrogen-bond acceptors (Lipinski definition) is 5. The van der Waals surface area contributed by atoms with Gasteiger partial charge in [-0.15, -0.1) is 0 Å². The summed E-state index contributed by atoms with van der Waals surface area (Å²) in [5.74, 6) is -5.72. The maximum Gasteiger partial charge on any atom is 0.333 e. The van der Waals surface area contributed by atoms with Crippen molar-refractivity contribution in [1.82, 2.24) is 10.2 Å². The number of amides is 1. The van der Waals surface area contributed by atoms with E-state index in [1.54, 1.807) is 0 Å². The van der Waals surface area contributed by atoms with Crippen molar-refractivity contribution in [2.24, 2.45) is 0 Å². The van der Waals surface area contributed by atoms with E-state index in [2.05, 4.69) is 5.32 Å². The maximum absolute atomic E-state index is 13.7. The summed E-state index contributed by atoms with van der Waals surface area (Å²) >= 11 is 0. The van der Waals surface area contributed by atoms with E-state index >= 15 is 0 Å². The van der Waals surface area contributed by atoms with E-state index in [-0.39, 0.29) is 24.8 Å². The van der Waals surface area contributed by atoms with E-state index in [4.69, 9.17) is 9.84 Å². The molecular formula is C25H25F3N2O5. The molecule has 1 fully saturated rings. The SMILES string of the molecule is O=C(O)C1=C(c2ccc(CCCOc3c(F)ccc(F)c3F)cc2)CC2CN(C(=O)CO)CC1N2. The number of aliphatic hydroxyl groups excluding tert-OH is 1. The largest absolute Gasteiger partial charge is 0.488 e. The second-order valence-corrected chi connectivity index (χ2v) is 8.60. The summed E-state index contributed by atoms with van der Waals surface area (Å²) in [4.78, 5) is 25.5. The number of carbonyl (C=O) groups is 2. The van der Waals surface area contributed by atoms with Gasteiger partial charge in [0.05, 0.1) is 18.2 Å². The lowest BCUT2D eigenvalue weighted by Gasteiger charge is -2.43. The molecule has 0 spiro atoms. The van der Waals surface area contributed by atoms with Crippen LogP contribution in [0.25, 0.3) is 5.57 Å². The Morgan fingerprint density at radius 2 is 1.77 bits per heavy atom. The summed E-state index contributed by atoms with van der Waals surface area (Å²) in [5.41, 5.74) is 2.60. The molecular weight excluding hydrogens is 465 g/mol. The minimum absolute atomic E-state index is 0.00848. The molecule has 2 aliphatic heterocycles. The van der Waals surface area contributed by atoms with E-state index < -0.39 is 47.7 Å². The third-order valence-electron chi connectivity index (χ3n) is 6.28. The topological polar surface area (TPSA) is 99.1 Å². The normalized spacial score (nSPS) is 19.6. The molecule has 1 amide bonds. The highest BCUT2D eigenvalue weighted by molar-refractivity contribution is 5.98. The molecule has 2 aromatic carbocycles. The second kappa shape index (κ2) is 10.5. The zero-order chi connectivity index (χ0) is 25.1. The van der Waals surface area contributed by atoms with Crippen LogP contribution in [0.3, 0.4) is 0 Å². The van der Waals surface area contributed by atoms with Crippen LogP contribution in [0.2, 0.25) is 0 Å². The van der Waals surface area contributed by atoms with Crippen LogP contribution in [-0.2, 0) is 16.0 Å². The summed E-state index contributed by atoms with van der Waals surface area (Å²) in [6, 6.07) is 8.22. The standard InChI is InChI=1S/C25H25F3N2O5/c26-18-7-8-19(27)24(23(18)28)35-9-1-2-14-3-5-15(6-4-14)17-10-16-11-30(21(32)13-31)12-20(29-16)22(17)25(33)34/h3-8,16,20,29,31H,1-2,9-13H2,(H,33,34). The monoisotopic (exact) mass is 490 g/mol. The highest BCUT2D eigenvalue weighted by Crippen LogP contribution is 2.33. The fourth-order valence-electron chi connectivity index (χ4n) is 4.63. The molecule has 2 bridgehead atoms. The first-order chi connectivity index (χ1) is 16.8. The number of carboxylic acid groups (broad SMARTS) is 1. The van der Waals surface area contributed by atoms with Crippen LogP contribution in [0.15, 0.2) is 42.0 Å². The van der Waals surface area contributed by atoms with E-state index in [0.717, 1.165) is 17.2 Å². The first kappa shape index (κ1) is 24.7. The Labute approximate surface area is 199 Å². The number of nitrogens with zero attached hydrogens (tertiary/aromatic N) is 1. The van der Waals surface area contributed by atoms with Gasteiger partial charge in [-0.2, -0.15) is 4.39 Å². The number of aryl methyl sites for hydroxylation is 1. The van der Waals surface area contributed by atoms with Crippen molar-refractivity contribution in [3.05, 3.63) is 70.5 Å². The Morgan fingerprint density at radius 3 is 2.46 bits per heavy atom. The summed E-state index contributed by atoms with van der Waals surface area (Å²) in [5, 5.41) is 22.3. The molecule has 0 saturated carbocycles. The lowest BCUT2D eigenvalue weighted by Crippen LogP contribution is -2.61. The highest BCUT2D eigenvalue weighted by Gasteiger charge is 2.39. The highest BCUT2D eigenvalue weighted by atomic mass is 19.2. The number of carboxylic acids is 1. The Morgan fingerprint density at radius 1 is 1.06 bits per heavy atom. The minimum Gasteiger partial charge on any atom is -0.488 e. The van der Waals surface area contributed by atoms with Crippen LogP contribution in [0.4, 0.5) is 13.2 Å². The Kier molecular flexibility index (Phi) is 7.42. The molecule has 10 heteroatoms. The number of aliphatic carboxylic acids is 1. The molecule has 4 rings (SSSR count). The maximum atomic E-state index is 13.7.